The first-order chi connectivity index (χ1) is 9.68. The standard InChI is InChI=1S/C6H2F5NO2S.C6H6/c7-1-2(8)4(10)6(15(12,13)14)5(11)3(1)9;1-2-4-6-5-3-1/h(H2,12,13,14);1-6H. The van der Waals surface area contributed by atoms with Crippen molar-refractivity contribution >= 4 is 10.0 Å². The summed E-state index contributed by atoms with van der Waals surface area (Å²) in [4.78, 5) is -2.04. The average Bonchev–Trinajstić information content (AvgIpc) is 2.44. The minimum atomic E-state index is -5.02. The molecule has 0 saturated heterocycles. The van der Waals surface area contributed by atoms with Crippen LogP contribution in [0, 0.1) is 29.1 Å². The molecule has 21 heavy (non-hydrogen) atoms. The minimum absolute atomic E-state index is 2.00. The molecule has 0 fully saturated rings. The summed E-state index contributed by atoms with van der Waals surface area (Å²) in [6, 6.07) is 12.0. The van der Waals surface area contributed by atoms with Crippen molar-refractivity contribution in [3.8, 4) is 0 Å². The van der Waals surface area contributed by atoms with Crippen LogP contribution in [0.2, 0.25) is 0 Å². The van der Waals surface area contributed by atoms with Crippen molar-refractivity contribution in [2.24, 2.45) is 5.14 Å². The molecule has 9 heteroatoms. The van der Waals surface area contributed by atoms with E-state index < -0.39 is 44.0 Å². The molecule has 0 atom stereocenters. The van der Waals surface area contributed by atoms with Gasteiger partial charge in [-0.2, -0.15) is 0 Å². The molecular weight excluding hydrogens is 317 g/mol. The van der Waals surface area contributed by atoms with E-state index in [0.717, 1.165) is 0 Å². The van der Waals surface area contributed by atoms with Crippen molar-refractivity contribution in [1.82, 2.24) is 0 Å². The van der Waals surface area contributed by atoms with Gasteiger partial charge in [0.2, 0.25) is 15.8 Å². The summed E-state index contributed by atoms with van der Waals surface area (Å²) < 4.78 is 83.8. The number of sulfonamides is 1. The summed E-state index contributed by atoms with van der Waals surface area (Å²) in [6.07, 6.45) is 0. The second kappa shape index (κ2) is 6.64. The topological polar surface area (TPSA) is 60.2 Å². The third-order valence-corrected chi connectivity index (χ3v) is 3.05. The Labute approximate surface area is 116 Å². The van der Waals surface area contributed by atoms with Gasteiger partial charge in [0.25, 0.3) is 0 Å². The highest BCUT2D eigenvalue weighted by molar-refractivity contribution is 7.89. The van der Waals surface area contributed by atoms with Crippen LogP contribution in [0.25, 0.3) is 0 Å². The summed E-state index contributed by atoms with van der Waals surface area (Å²) in [5.41, 5.74) is 0. The van der Waals surface area contributed by atoms with Crippen LogP contribution in [-0.2, 0) is 10.0 Å². The van der Waals surface area contributed by atoms with Gasteiger partial charge in [-0.3, -0.25) is 0 Å². The first kappa shape index (κ1) is 17.1. The second-order valence-corrected chi connectivity index (χ2v) is 5.10. The number of benzene rings is 2. The first-order valence-corrected chi connectivity index (χ1v) is 6.76. The molecule has 114 valence electrons. The van der Waals surface area contributed by atoms with Gasteiger partial charge in [-0.05, 0) is 0 Å². The molecule has 0 saturated carbocycles. The number of hydrogen-bond acceptors (Lipinski definition) is 2. The molecule has 2 aromatic carbocycles. The van der Waals surface area contributed by atoms with E-state index in [1.54, 1.807) is 0 Å². The van der Waals surface area contributed by atoms with Crippen LogP contribution in [0.1, 0.15) is 0 Å². The molecule has 2 N–H and O–H groups in total. The Morgan fingerprint density at radius 1 is 0.619 bits per heavy atom. The molecule has 0 heterocycles. The highest BCUT2D eigenvalue weighted by Gasteiger charge is 2.31. The lowest BCUT2D eigenvalue weighted by atomic mass is 10.3. The number of hydrogen-bond donors (Lipinski definition) is 1. The number of halogens is 5. The normalized spacial score (nSPS) is 10.8. The Balaban J connectivity index is 0.000000304. The summed E-state index contributed by atoms with van der Waals surface area (Å²) in [5.74, 6) is -12.1. The number of rotatable bonds is 1. The van der Waals surface area contributed by atoms with Crippen molar-refractivity contribution in [2.75, 3.05) is 0 Å². The molecule has 0 aliphatic carbocycles. The fourth-order valence-electron chi connectivity index (χ4n) is 1.22. The molecule has 0 aliphatic heterocycles. The van der Waals surface area contributed by atoms with Crippen LogP contribution in [0.3, 0.4) is 0 Å². The highest BCUT2D eigenvalue weighted by atomic mass is 32.2. The Kier molecular flexibility index (Phi) is 5.39. The molecule has 0 spiro atoms. The lowest BCUT2D eigenvalue weighted by Crippen LogP contribution is -2.19. The molecule has 2 rings (SSSR count). The van der Waals surface area contributed by atoms with Crippen LogP contribution in [0.5, 0.6) is 0 Å². The van der Waals surface area contributed by atoms with Crippen molar-refractivity contribution in [3.05, 3.63) is 65.5 Å². The van der Waals surface area contributed by atoms with E-state index in [9.17, 15) is 30.4 Å². The maximum Gasteiger partial charge on any atom is 0.244 e. The largest absolute Gasteiger partial charge is 0.244 e. The Bertz CT molecular complexity index is 679. The van der Waals surface area contributed by atoms with Gasteiger partial charge >= 0.3 is 0 Å². The van der Waals surface area contributed by atoms with Gasteiger partial charge in [0.05, 0.1) is 0 Å². The molecule has 0 radical (unpaired) electrons. The number of primary sulfonamides is 1. The summed E-state index contributed by atoms with van der Waals surface area (Å²) in [7, 11) is -5.02. The fraction of sp³-hybridized carbons (Fsp3) is 0. The predicted octanol–water partition coefficient (Wildman–Crippen LogP) is 2.72. The van der Waals surface area contributed by atoms with Crippen molar-refractivity contribution in [3.63, 3.8) is 0 Å². The maximum atomic E-state index is 12.7. The van der Waals surface area contributed by atoms with Gasteiger partial charge in [-0.1, -0.05) is 36.4 Å². The van der Waals surface area contributed by atoms with E-state index in [-0.39, 0.29) is 0 Å². The molecule has 3 nitrogen and oxygen atoms in total. The van der Waals surface area contributed by atoms with Gasteiger partial charge in [-0.15, -0.1) is 0 Å². The van der Waals surface area contributed by atoms with Crippen LogP contribution in [-0.4, -0.2) is 8.42 Å². The zero-order valence-corrected chi connectivity index (χ0v) is 11.0. The molecule has 0 bridgehead atoms. The fourth-order valence-corrected chi connectivity index (χ4v) is 1.90. The Hall–Kier alpha value is -2.00. The second-order valence-electron chi connectivity index (χ2n) is 3.60. The minimum Gasteiger partial charge on any atom is -0.224 e. The third-order valence-electron chi connectivity index (χ3n) is 2.12. The summed E-state index contributed by atoms with van der Waals surface area (Å²) >= 11 is 0. The molecular formula is C12H8F5NO2S. The maximum absolute atomic E-state index is 12.7. The van der Waals surface area contributed by atoms with E-state index in [0.29, 0.717) is 0 Å². The lowest BCUT2D eigenvalue weighted by Gasteiger charge is -2.05. The number of nitrogens with two attached hydrogens (primary N) is 1. The lowest BCUT2D eigenvalue weighted by molar-refractivity contribution is 0.358. The zero-order valence-electron chi connectivity index (χ0n) is 10.2. The SMILES string of the molecule is NS(=O)(=O)c1c(F)c(F)c(F)c(F)c1F.c1ccccc1. The van der Waals surface area contributed by atoms with Gasteiger partial charge in [0, 0.05) is 0 Å². The summed E-state index contributed by atoms with van der Waals surface area (Å²) in [5, 5.41) is 4.28. The van der Waals surface area contributed by atoms with E-state index in [2.05, 4.69) is 5.14 Å². The summed E-state index contributed by atoms with van der Waals surface area (Å²) in [6.45, 7) is 0. The van der Waals surface area contributed by atoms with E-state index in [4.69, 9.17) is 0 Å². The molecule has 0 aromatic heterocycles. The Morgan fingerprint density at radius 2 is 0.857 bits per heavy atom. The molecule has 0 amide bonds. The monoisotopic (exact) mass is 325 g/mol. The van der Waals surface area contributed by atoms with Gasteiger partial charge in [0.15, 0.2) is 28.2 Å². The molecule has 0 aliphatic rings. The quantitative estimate of drug-likeness (QED) is 0.498. The van der Waals surface area contributed by atoms with Crippen molar-refractivity contribution in [1.29, 1.82) is 0 Å². The van der Waals surface area contributed by atoms with Crippen molar-refractivity contribution in [2.45, 2.75) is 4.90 Å². The van der Waals surface area contributed by atoms with Crippen molar-refractivity contribution < 1.29 is 30.4 Å². The predicted molar refractivity (Wildman–Crippen MR) is 64.0 cm³/mol. The highest BCUT2D eigenvalue weighted by Crippen LogP contribution is 2.25. The van der Waals surface area contributed by atoms with E-state index >= 15 is 0 Å². The van der Waals surface area contributed by atoms with Gasteiger partial charge < -0.3 is 0 Å². The van der Waals surface area contributed by atoms with Crippen LogP contribution in [0.4, 0.5) is 22.0 Å². The molecule has 2 aromatic rings. The van der Waals surface area contributed by atoms with Crippen LogP contribution >= 0.6 is 0 Å². The average molecular weight is 325 g/mol. The van der Waals surface area contributed by atoms with Crippen LogP contribution < -0.4 is 5.14 Å². The Morgan fingerprint density at radius 3 is 1.10 bits per heavy atom. The van der Waals surface area contributed by atoms with Gasteiger partial charge in [-0.25, -0.2) is 35.5 Å². The third kappa shape index (κ3) is 3.99. The van der Waals surface area contributed by atoms with Crippen LogP contribution in [0.15, 0.2) is 41.3 Å². The molecule has 0 unspecified atom stereocenters. The van der Waals surface area contributed by atoms with E-state index in [1.165, 1.54) is 0 Å². The van der Waals surface area contributed by atoms with E-state index in [1.807, 2.05) is 36.4 Å². The smallest absolute Gasteiger partial charge is 0.224 e. The first-order valence-electron chi connectivity index (χ1n) is 5.22. The zero-order chi connectivity index (χ0) is 16.2. The van der Waals surface area contributed by atoms with Gasteiger partial charge in [0.1, 0.15) is 0 Å².